The van der Waals surface area contributed by atoms with Crippen LogP contribution in [-0.4, -0.2) is 61.6 Å². The summed E-state index contributed by atoms with van der Waals surface area (Å²) in [5, 5.41) is 0. The van der Waals surface area contributed by atoms with Gasteiger partial charge in [0, 0.05) is 24.9 Å². The zero-order valence-corrected chi connectivity index (χ0v) is 17.3. The highest BCUT2D eigenvalue weighted by Crippen LogP contribution is 2.73. The molecule has 3 heterocycles. The van der Waals surface area contributed by atoms with E-state index in [1.807, 2.05) is 24.3 Å². The summed E-state index contributed by atoms with van der Waals surface area (Å²) < 4.78 is 10.6. The molecule has 2 aliphatic carbocycles. The van der Waals surface area contributed by atoms with E-state index in [9.17, 15) is 14.4 Å². The van der Waals surface area contributed by atoms with Gasteiger partial charge in [0.2, 0.25) is 0 Å². The van der Waals surface area contributed by atoms with Gasteiger partial charge in [-0.05, 0) is 49.3 Å². The van der Waals surface area contributed by atoms with E-state index in [-0.39, 0.29) is 23.2 Å². The average molecular weight is 410 g/mol. The Kier molecular flexibility index (Phi) is 3.45. The lowest BCUT2D eigenvalue weighted by Gasteiger charge is -2.64. The summed E-state index contributed by atoms with van der Waals surface area (Å²) in [6.07, 6.45) is 3.28. The van der Waals surface area contributed by atoms with Crippen molar-refractivity contribution in [2.75, 3.05) is 32.2 Å². The van der Waals surface area contributed by atoms with Crippen LogP contribution in [0.4, 0.5) is 10.5 Å². The summed E-state index contributed by atoms with van der Waals surface area (Å²) in [6, 6.07) is 7.75. The van der Waals surface area contributed by atoms with Gasteiger partial charge in [0.25, 0.3) is 0 Å². The Morgan fingerprint density at radius 1 is 1.10 bits per heavy atom. The van der Waals surface area contributed by atoms with Gasteiger partial charge in [-0.1, -0.05) is 18.2 Å². The zero-order valence-electron chi connectivity index (χ0n) is 17.3. The molecular formula is C23H26N2O5. The van der Waals surface area contributed by atoms with Gasteiger partial charge < -0.3 is 9.47 Å². The molecule has 5 atom stereocenters. The van der Waals surface area contributed by atoms with Crippen molar-refractivity contribution in [2.45, 2.75) is 49.1 Å². The highest BCUT2D eigenvalue weighted by Gasteiger charge is 2.84. The molecule has 0 radical (unpaired) electrons. The SMILES string of the molecule is COC(=O)N1c2ccccc2[C@@]23C4CN5CCC[C@@](CC[C@]12C(=O)OC)(CC4=O)C53. The number of Topliss-reactive ketones (excluding diaryl/α,β-unsaturated/α-hetero) is 1. The van der Waals surface area contributed by atoms with Gasteiger partial charge in [-0.15, -0.1) is 0 Å². The predicted octanol–water partition coefficient (Wildman–Crippen LogP) is 2.27. The van der Waals surface area contributed by atoms with Crippen LogP contribution in [0, 0.1) is 11.3 Å². The molecule has 7 heteroatoms. The van der Waals surface area contributed by atoms with Gasteiger partial charge in [-0.25, -0.2) is 9.59 Å². The smallest absolute Gasteiger partial charge is 0.415 e. The van der Waals surface area contributed by atoms with E-state index in [1.54, 1.807) is 0 Å². The van der Waals surface area contributed by atoms with Gasteiger partial charge in [-0.2, -0.15) is 0 Å². The number of para-hydroxylation sites is 1. The summed E-state index contributed by atoms with van der Waals surface area (Å²) in [6.45, 7) is 1.57. The molecular weight excluding hydrogens is 384 g/mol. The average Bonchev–Trinajstić information content (AvgIpc) is 3.23. The van der Waals surface area contributed by atoms with Crippen molar-refractivity contribution in [3.8, 4) is 0 Å². The number of nitrogens with zero attached hydrogens (tertiary/aromatic N) is 2. The Balaban J connectivity index is 1.74. The van der Waals surface area contributed by atoms with Crippen LogP contribution < -0.4 is 4.90 Å². The topological polar surface area (TPSA) is 76.2 Å². The van der Waals surface area contributed by atoms with Gasteiger partial charge >= 0.3 is 12.1 Å². The number of rotatable bonds is 1. The van der Waals surface area contributed by atoms with Gasteiger partial charge in [0.15, 0.2) is 5.54 Å². The first kappa shape index (κ1) is 18.4. The first-order valence-corrected chi connectivity index (χ1v) is 10.8. The molecule has 4 bridgehead atoms. The van der Waals surface area contributed by atoms with E-state index in [2.05, 4.69) is 4.90 Å². The van der Waals surface area contributed by atoms with Crippen molar-refractivity contribution < 1.29 is 23.9 Å². The molecule has 1 amide bonds. The van der Waals surface area contributed by atoms with Crippen LogP contribution in [0.1, 0.15) is 37.7 Å². The summed E-state index contributed by atoms with van der Waals surface area (Å²) >= 11 is 0. The van der Waals surface area contributed by atoms with Gasteiger partial charge in [0.1, 0.15) is 5.78 Å². The molecule has 1 aromatic carbocycles. The van der Waals surface area contributed by atoms with Crippen LogP contribution in [0.25, 0.3) is 0 Å². The van der Waals surface area contributed by atoms with Crippen molar-refractivity contribution in [3.05, 3.63) is 29.8 Å². The molecule has 5 aliphatic rings. The quantitative estimate of drug-likeness (QED) is 0.661. The van der Waals surface area contributed by atoms with E-state index in [4.69, 9.17) is 9.47 Å². The largest absolute Gasteiger partial charge is 0.467 e. The van der Waals surface area contributed by atoms with E-state index >= 15 is 0 Å². The monoisotopic (exact) mass is 410 g/mol. The summed E-state index contributed by atoms with van der Waals surface area (Å²) in [5.74, 6) is -0.543. The zero-order chi connectivity index (χ0) is 20.9. The number of ether oxygens (including phenoxy) is 2. The number of carbonyl (C=O) groups excluding carboxylic acids is 3. The lowest BCUT2D eigenvalue weighted by Crippen LogP contribution is -2.78. The van der Waals surface area contributed by atoms with Crippen LogP contribution in [0.5, 0.6) is 0 Å². The second kappa shape index (κ2) is 5.63. The van der Waals surface area contributed by atoms with Crippen molar-refractivity contribution in [3.63, 3.8) is 0 Å². The molecule has 158 valence electrons. The third kappa shape index (κ3) is 1.66. The highest BCUT2D eigenvalue weighted by molar-refractivity contribution is 6.07. The first-order chi connectivity index (χ1) is 14.5. The maximum absolute atomic E-state index is 13.7. The number of ketones is 1. The molecule has 30 heavy (non-hydrogen) atoms. The number of esters is 1. The number of piperidine rings is 1. The molecule has 7 nitrogen and oxygen atoms in total. The van der Waals surface area contributed by atoms with Crippen LogP contribution in [0.2, 0.25) is 0 Å². The van der Waals surface area contributed by atoms with E-state index in [0.29, 0.717) is 25.1 Å². The maximum atomic E-state index is 13.7. The van der Waals surface area contributed by atoms with Crippen LogP contribution in [0.15, 0.2) is 24.3 Å². The Morgan fingerprint density at radius 3 is 2.67 bits per heavy atom. The number of methoxy groups -OCH3 is 2. The third-order valence-corrected chi connectivity index (χ3v) is 8.90. The summed E-state index contributed by atoms with van der Waals surface area (Å²) in [7, 11) is 2.71. The normalized spacial score (nSPS) is 40.6. The molecule has 1 spiro atoms. The van der Waals surface area contributed by atoms with Crippen LogP contribution in [-0.2, 0) is 24.5 Å². The molecule has 2 saturated heterocycles. The van der Waals surface area contributed by atoms with Crippen LogP contribution in [0.3, 0.4) is 0 Å². The fraction of sp³-hybridized carbons (Fsp3) is 0.609. The van der Waals surface area contributed by atoms with Gasteiger partial charge in [-0.3, -0.25) is 14.6 Å². The maximum Gasteiger partial charge on any atom is 0.415 e. The minimum absolute atomic E-state index is 0.0464. The number of benzene rings is 1. The standard InChI is InChI=1S/C23H26N2O5/c1-29-19(27)22-10-9-21-8-5-11-24-13-15(17(26)12-21)23(22,18(21)24)14-6-3-4-7-16(14)25(22)20(28)30-2/h3-4,6-7,15,18H,5,8-13H2,1-2H3/t15?,18?,21-,22-,23+/m1/s1. The summed E-state index contributed by atoms with van der Waals surface area (Å²) in [4.78, 5) is 44.5. The van der Waals surface area contributed by atoms with E-state index in [1.165, 1.54) is 19.1 Å². The molecule has 0 aromatic heterocycles. The highest BCUT2D eigenvalue weighted by atomic mass is 16.5. The first-order valence-electron chi connectivity index (χ1n) is 10.8. The number of hydrogen-bond acceptors (Lipinski definition) is 6. The van der Waals surface area contributed by atoms with Gasteiger partial charge in [0.05, 0.1) is 25.3 Å². The number of anilines is 1. The Labute approximate surface area is 175 Å². The van der Waals surface area contributed by atoms with E-state index in [0.717, 1.165) is 31.4 Å². The Hall–Kier alpha value is -2.41. The number of fused-ring (bicyclic) bond motifs is 1. The molecule has 6 rings (SSSR count). The van der Waals surface area contributed by atoms with E-state index < -0.39 is 23.0 Å². The third-order valence-electron chi connectivity index (χ3n) is 8.90. The van der Waals surface area contributed by atoms with Crippen molar-refractivity contribution in [1.29, 1.82) is 0 Å². The predicted molar refractivity (Wildman–Crippen MR) is 107 cm³/mol. The van der Waals surface area contributed by atoms with Crippen molar-refractivity contribution in [2.24, 2.45) is 11.3 Å². The number of carbonyl (C=O) groups is 3. The van der Waals surface area contributed by atoms with Crippen LogP contribution >= 0.6 is 0 Å². The lowest BCUT2D eigenvalue weighted by molar-refractivity contribution is -0.166. The molecule has 1 aromatic rings. The second-order valence-electron chi connectivity index (χ2n) is 9.60. The minimum Gasteiger partial charge on any atom is -0.467 e. The fourth-order valence-corrected chi connectivity index (χ4v) is 8.29. The lowest BCUT2D eigenvalue weighted by atomic mass is 9.41. The molecule has 3 aliphatic heterocycles. The van der Waals surface area contributed by atoms with Crippen molar-refractivity contribution >= 4 is 23.5 Å². The molecule has 0 N–H and O–H groups in total. The second-order valence-corrected chi connectivity index (χ2v) is 9.60. The molecule has 2 saturated carbocycles. The minimum atomic E-state index is -1.26. The van der Waals surface area contributed by atoms with Crippen molar-refractivity contribution in [1.82, 2.24) is 4.90 Å². The fourth-order valence-electron chi connectivity index (χ4n) is 8.29. The number of hydrogen-bond donors (Lipinski definition) is 0. The Morgan fingerprint density at radius 2 is 1.90 bits per heavy atom. The summed E-state index contributed by atoms with van der Waals surface area (Å²) in [5.41, 5.74) is -0.590. The molecule has 2 unspecified atom stereocenters. The molecule has 4 fully saturated rings. The number of amides is 1. The Bertz CT molecular complexity index is 994.